The van der Waals surface area contributed by atoms with Crippen molar-refractivity contribution in [3.8, 4) is 11.8 Å². The minimum Gasteiger partial charge on any atom is -0.366 e. The Morgan fingerprint density at radius 3 is 2.38 bits per heavy atom. The van der Waals surface area contributed by atoms with E-state index in [2.05, 4.69) is 16.8 Å². The molecule has 3 nitrogen and oxygen atoms in total. The van der Waals surface area contributed by atoms with Crippen molar-refractivity contribution in [3.05, 3.63) is 52.6 Å². The highest BCUT2D eigenvalue weighted by atomic mass is 35.5. The highest BCUT2D eigenvalue weighted by Gasteiger charge is 2.29. The summed E-state index contributed by atoms with van der Waals surface area (Å²) in [5.41, 5.74) is -0.142. The second-order valence-corrected chi connectivity index (χ2v) is 6.02. The van der Waals surface area contributed by atoms with Crippen molar-refractivity contribution < 1.29 is 17.9 Å². The van der Waals surface area contributed by atoms with E-state index >= 15 is 0 Å². The van der Waals surface area contributed by atoms with Crippen LogP contribution in [0.1, 0.15) is 30.7 Å². The number of hydrogen-bond donors (Lipinski definition) is 0. The molecular formula is C17H16ClF3N2O. The van der Waals surface area contributed by atoms with Gasteiger partial charge in [-0.05, 0) is 49.1 Å². The number of benzene rings is 1. The normalized spacial score (nSPS) is 12.0. The zero-order chi connectivity index (χ0) is 18.0. The van der Waals surface area contributed by atoms with E-state index in [-0.39, 0.29) is 5.28 Å². The van der Waals surface area contributed by atoms with Gasteiger partial charge in [0.15, 0.2) is 0 Å². The number of aromatic nitrogens is 2. The van der Waals surface area contributed by atoms with Crippen LogP contribution in [-0.2, 0) is 17.5 Å². The van der Waals surface area contributed by atoms with Crippen molar-refractivity contribution in [2.24, 2.45) is 0 Å². The quantitative estimate of drug-likeness (QED) is 0.763. The number of rotatable bonds is 3. The van der Waals surface area contributed by atoms with Gasteiger partial charge in [-0.15, -0.1) is 0 Å². The first-order valence-electron chi connectivity index (χ1n) is 7.08. The number of ether oxygens (including phenoxy) is 1. The van der Waals surface area contributed by atoms with E-state index in [0.29, 0.717) is 17.8 Å². The molecule has 1 aromatic heterocycles. The fourth-order valence-electron chi connectivity index (χ4n) is 1.83. The number of imidazole rings is 1. The van der Waals surface area contributed by atoms with E-state index in [1.54, 1.807) is 17.9 Å². The predicted octanol–water partition coefficient (Wildman–Crippen LogP) is 4.38. The summed E-state index contributed by atoms with van der Waals surface area (Å²) < 4.78 is 44.5. The predicted molar refractivity (Wildman–Crippen MR) is 85.7 cm³/mol. The van der Waals surface area contributed by atoms with Crippen molar-refractivity contribution in [1.29, 1.82) is 0 Å². The Morgan fingerprint density at radius 2 is 1.83 bits per heavy atom. The molecule has 0 unspecified atom stereocenters. The minimum absolute atomic E-state index is 0.217. The largest absolute Gasteiger partial charge is 0.416 e. The van der Waals surface area contributed by atoms with Crippen LogP contribution in [-0.4, -0.2) is 22.3 Å². The van der Waals surface area contributed by atoms with Gasteiger partial charge < -0.3 is 9.30 Å². The highest BCUT2D eigenvalue weighted by Crippen LogP contribution is 2.29. The van der Waals surface area contributed by atoms with Gasteiger partial charge >= 0.3 is 6.18 Å². The van der Waals surface area contributed by atoms with Gasteiger partial charge in [0.25, 0.3) is 0 Å². The van der Waals surface area contributed by atoms with Gasteiger partial charge in [-0.2, -0.15) is 13.2 Å². The molecule has 2 rings (SSSR count). The summed E-state index contributed by atoms with van der Waals surface area (Å²) in [6, 6.07) is 4.92. The van der Waals surface area contributed by atoms with Crippen molar-refractivity contribution >= 4 is 11.6 Å². The summed E-state index contributed by atoms with van der Waals surface area (Å²) in [5.74, 6) is 5.79. The third kappa shape index (κ3) is 4.76. The van der Waals surface area contributed by atoms with Crippen LogP contribution in [0.2, 0.25) is 5.28 Å². The molecule has 1 heterocycles. The Labute approximate surface area is 143 Å². The highest BCUT2D eigenvalue weighted by molar-refractivity contribution is 6.28. The van der Waals surface area contributed by atoms with Crippen molar-refractivity contribution in [1.82, 2.24) is 9.55 Å². The van der Waals surface area contributed by atoms with E-state index in [4.69, 9.17) is 16.3 Å². The number of halogens is 4. The lowest BCUT2D eigenvalue weighted by Gasteiger charge is -2.13. The molecule has 0 fully saturated rings. The standard InChI is InChI=1S/C17H16ClF3N2O/c1-16(2,24-3)9-8-14-11-23(15(18)22-14)10-12-4-6-13(7-5-12)17(19,20)21/h4-7,11H,10H2,1-3H3. The first-order chi connectivity index (χ1) is 11.1. The molecule has 0 aliphatic rings. The molecule has 0 radical (unpaired) electrons. The number of nitrogens with zero attached hydrogens (tertiary/aromatic N) is 2. The zero-order valence-corrected chi connectivity index (χ0v) is 14.2. The summed E-state index contributed by atoms with van der Waals surface area (Å²) in [4.78, 5) is 4.12. The Hall–Kier alpha value is -1.97. The molecule has 0 N–H and O–H groups in total. The van der Waals surface area contributed by atoms with Crippen LogP contribution in [0.15, 0.2) is 30.5 Å². The van der Waals surface area contributed by atoms with E-state index in [1.165, 1.54) is 12.1 Å². The summed E-state index contributed by atoms with van der Waals surface area (Å²) in [7, 11) is 1.56. The van der Waals surface area contributed by atoms with Crippen LogP contribution < -0.4 is 0 Å². The molecule has 7 heteroatoms. The Bertz CT molecular complexity index is 768. The van der Waals surface area contributed by atoms with Crippen LogP contribution in [0.25, 0.3) is 0 Å². The SMILES string of the molecule is COC(C)(C)C#Cc1cn(Cc2ccc(C(F)(F)F)cc2)c(Cl)n1. The van der Waals surface area contributed by atoms with Crippen LogP contribution in [0.5, 0.6) is 0 Å². The van der Waals surface area contributed by atoms with Crippen molar-refractivity contribution in [3.63, 3.8) is 0 Å². The Balaban J connectivity index is 2.17. The van der Waals surface area contributed by atoms with Gasteiger partial charge in [-0.3, -0.25) is 0 Å². The van der Waals surface area contributed by atoms with Gasteiger partial charge in [0.05, 0.1) is 5.56 Å². The molecule has 2 aromatic rings. The van der Waals surface area contributed by atoms with Gasteiger partial charge in [0.1, 0.15) is 11.3 Å². The van der Waals surface area contributed by atoms with Crippen LogP contribution >= 0.6 is 11.6 Å². The number of methoxy groups -OCH3 is 1. The average molecular weight is 357 g/mol. The maximum absolute atomic E-state index is 12.6. The van der Waals surface area contributed by atoms with Gasteiger partial charge in [0.2, 0.25) is 5.28 Å². The maximum atomic E-state index is 12.6. The van der Waals surface area contributed by atoms with Gasteiger partial charge in [0, 0.05) is 19.9 Å². The summed E-state index contributed by atoms with van der Waals surface area (Å²) in [6.07, 6.45) is -2.69. The summed E-state index contributed by atoms with van der Waals surface area (Å²) in [5, 5.41) is 0.217. The third-order valence-electron chi connectivity index (χ3n) is 3.36. The van der Waals surface area contributed by atoms with Crippen LogP contribution in [0, 0.1) is 11.8 Å². The van der Waals surface area contributed by atoms with E-state index in [0.717, 1.165) is 12.1 Å². The second kappa shape index (κ2) is 6.88. The monoisotopic (exact) mass is 356 g/mol. The smallest absolute Gasteiger partial charge is 0.366 e. The molecule has 0 aliphatic carbocycles. The molecule has 128 valence electrons. The minimum atomic E-state index is -4.35. The van der Waals surface area contributed by atoms with Gasteiger partial charge in [-0.1, -0.05) is 18.1 Å². The molecule has 0 atom stereocenters. The first kappa shape index (κ1) is 18.4. The third-order valence-corrected chi connectivity index (χ3v) is 3.67. The molecule has 24 heavy (non-hydrogen) atoms. The Morgan fingerprint density at radius 1 is 1.21 bits per heavy atom. The maximum Gasteiger partial charge on any atom is 0.416 e. The average Bonchev–Trinajstić information content (AvgIpc) is 2.85. The first-order valence-corrected chi connectivity index (χ1v) is 7.46. The topological polar surface area (TPSA) is 27.1 Å². The molecule has 0 saturated heterocycles. The summed E-state index contributed by atoms with van der Waals surface area (Å²) in [6.45, 7) is 3.95. The lowest BCUT2D eigenvalue weighted by atomic mass is 10.1. The van der Waals surface area contributed by atoms with Crippen molar-refractivity contribution in [2.75, 3.05) is 7.11 Å². The molecule has 0 amide bonds. The molecular weight excluding hydrogens is 341 g/mol. The lowest BCUT2D eigenvalue weighted by Crippen LogP contribution is -2.19. The number of alkyl halides is 3. The van der Waals surface area contributed by atoms with Gasteiger partial charge in [-0.25, -0.2) is 4.98 Å². The van der Waals surface area contributed by atoms with Crippen LogP contribution in [0.3, 0.4) is 0 Å². The van der Waals surface area contributed by atoms with Crippen LogP contribution in [0.4, 0.5) is 13.2 Å². The van der Waals surface area contributed by atoms with E-state index in [9.17, 15) is 13.2 Å². The molecule has 0 saturated carbocycles. The molecule has 1 aromatic carbocycles. The second-order valence-electron chi connectivity index (χ2n) is 5.68. The fraction of sp³-hybridized carbons (Fsp3) is 0.353. The zero-order valence-electron chi connectivity index (χ0n) is 13.4. The summed E-state index contributed by atoms with van der Waals surface area (Å²) >= 11 is 6.06. The Kier molecular flexibility index (Phi) is 5.26. The lowest BCUT2D eigenvalue weighted by molar-refractivity contribution is -0.137. The number of hydrogen-bond acceptors (Lipinski definition) is 2. The molecule has 0 aliphatic heterocycles. The molecule has 0 spiro atoms. The van der Waals surface area contributed by atoms with E-state index in [1.807, 2.05) is 13.8 Å². The fourth-order valence-corrected chi connectivity index (χ4v) is 2.03. The van der Waals surface area contributed by atoms with Crippen molar-refractivity contribution in [2.45, 2.75) is 32.2 Å². The molecule has 0 bridgehead atoms. The van der Waals surface area contributed by atoms with E-state index < -0.39 is 17.3 Å².